The maximum Gasteiger partial charge on any atom is 0.151 e. The molecule has 1 aromatic carbocycles. The van der Waals surface area contributed by atoms with Crippen LogP contribution in [-0.4, -0.2) is 38.1 Å². The molecule has 26 heavy (non-hydrogen) atoms. The molecule has 1 aliphatic heterocycles. The highest BCUT2D eigenvalue weighted by atomic mass is 79.9. The van der Waals surface area contributed by atoms with Crippen LogP contribution in [0.25, 0.3) is 10.9 Å². The molecule has 3 aromatic rings. The van der Waals surface area contributed by atoms with Crippen LogP contribution in [0.2, 0.25) is 0 Å². The van der Waals surface area contributed by atoms with Crippen molar-refractivity contribution in [3.8, 4) is 0 Å². The molecule has 4 nitrogen and oxygen atoms in total. The Kier molecular flexibility index (Phi) is 4.35. The van der Waals surface area contributed by atoms with E-state index in [1.807, 2.05) is 6.07 Å². The number of rotatable bonds is 3. The van der Waals surface area contributed by atoms with Crippen LogP contribution in [0.3, 0.4) is 0 Å². The molecule has 0 saturated heterocycles. The molecular formula is C20H22BrFN4. The molecule has 0 aliphatic carbocycles. The molecule has 4 rings (SSSR count). The lowest BCUT2D eigenvalue weighted by Gasteiger charge is -2.41. The van der Waals surface area contributed by atoms with Crippen LogP contribution in [0, 0.1) is 0 Å². The average Bonchev–Trinajstić information content (AvgIpc) is 2.94. The second-order valence-electron chi connectivity index (χ2n) is 7.67. The van der Waals surface area contributed by atoms with Gasteiger partial charge in [0.25, 0.3) is 0 Å². The SMILES string of the molecule is C[C@@H]1Cc2c([nH]c3ccccc23)[C@@H](c2ncc(Br)cn2)N1CC(C)(C)F. The summed E-state index contributed by atoms with van der Waals surface area (Å²) in [5.74, 6) is 0.691. The molecule has 0 saturated carbocycles. The van der Waals surface area contributed by atoms with E-state index in [2.05, 4.69) is 60.9 Å². The number of para-hydroxylation sites is 1. The van der Waals surface area contributed by atoms with Crippen molar-refractivity contribution in [1.82, 2.24) is 19.9 Å². The highest BCUT2D eigenvalue weighted by molar-refractivity contribution is 9.10. The number of hydrogen-bond donors (Lipinski definition) is 1. The molecule has 136 valence electrons. The highest BCUT2D eigenvalue weighted by Crippen LogP contribution is 2.40. The lowest BCUT2D eigenvalue weighted by atomic mass is 9.90. The van der Waals surface area contributed by atoms with Crippen LogP contribution < -0.4 is 0 Å². The van der Waals surface area contributed by atoms with Crippen LogP contribution in [-0.2, 0) is 6.42 Å². The molecule has 0 bridgehead atoms. The van der Waals surface area contributed by atoms with E-state index in [1.165, 1.54) is 10.9 Å². The van der Waals surface area contributed by atoms with E-state index in [0.717, 1.165) is 22.1 Å². The van der Waals surface area contributed by atoms with E-state index in [-0.39, 0.29) is 12.1 Å². The molecular weight excluding hydrogens is 395 g/mol. The third kappa shape index (κ3) is 3.16. The van der Waals surface area contributed by atoms with Crippen molar-refractivity contribution in [2.75, 3.05) is 6.54 Å². The molecule has 0 spiro atoms. The summed E-state index contributed by atoms with van der Waals surface area (Å²) in [4.78, 5) is 14.8. The molecule has 3 heterocycles. The summed E-state index contributed by atoms with van der Waals surface area (Å²) in [6.07, 6.45) is 4.38. The number of nitrogens with one attached hydrogen (secondary N) is 1. The van der Waals surface area contributed by atoms with E-state index in [1.54, 1.807) is 26.2 Å². The van der Waals surface area contributed by atoms with Gasteiger partial charge in [0.15, 0.2) is 5.82 Å². The number of aromatic amines is 1. The first-order valence-corrected chi connectivity index (χ1v) is 9.64. The van der Waals surface area contributed by atoms with Gasteiger partial charge < -0.3 is 4.98 Å². The number of halogens is 2. The van der Waals surface area contributed by atoms with E-state index in [4.69, 9.17) is 0 Å². The van der Waals surface area contributed by atoms with Crippen LogP contribution >= 0.6 is 15.9 Å². The second kappa shape index (κ2) is 6.43. The van der Waals surface area contributed by atoms with Gasteiger partial charge in [-0.05, 0) is 54.8 Å². The Morgan fingerprint density at radius 2 is 1.96 bits per heavy atom. The summed E-state index contributed by atoms with van der Waals surface area (Å²) in [5, 5.41) is 1.23. The lowest BCUT2D eigenvalue weighted by Crippen LogP contribution is -2.48. The van der Waals surface area contributed by atoms with Crippen molar-refractivity contribution < 1.29 is 4.39 Å². The number of fused-ring (bicyclic) bond motifs is 3. The Morgan fingerprint density at radius 1 is 1.27 bits per heavy atom. The van der Waals surface area contributed by atoms with Gasteiger partial charge in [0.2, 0.25) is 0 Å². The maximum atomic E-state index is 14.6. The summed E-state index contributed by atoms with van der Waals surface area (Å²) in [6, 6.07) is 8.32. The fraction of sp³-hybridized carbons (Fsp3) is 0.400. The van der Waals surface area contributed by atoms with Crippen LogP contribution in [0.5, 0.6) is 0 Å². The minimum Gasteiger partial charge on any atom is -0.356 e. The summed E-state index contributed by atoms with van der Waals surface area (Å²) < 4.78 is 15.4. The fourth-order valence-corrected chi connectivity index (χ4v) is 4.13. The number of benzene rings is 1. The Balaban J connectivity index is 1.90. The zero-order chi connectivity index (χ0) is 18.5. The van der Waals surface area contributed by atoms with E-state index < -0.39 is 5.67 Å². The molecule has 0 unspecified atom stereocenters. The molecule has 2 atom stereocenters. The van der Waals surface area contributed by atoms with Gasteiger partial charge in [-0.1, -0.05) is 18.2 Å². The standard InChI is InChI=1S/C20H22BrFN4/c1-12-8-15-14-6-4-5-7-16(14)25-17(15)18(26(12)11-20(2,3)22)19-23-9-13(21)10-24-19/h4-7,9-10,12,18,25H,8,11H2,1-3H3/t12-,18+/m1/s1. The predicted octanol–water partition coefficient (Wildman–Crippen LogP) is 4.80. The monoisotopic (exact) mass is 416 g/mol. The number of H-pyrrole nitrogens is 1. The third-order valence-electron chi connectivity index (χ3n) is 4.96. The van der Waals surface area contributed by atoms with Crippen molar-refractivity contribution in [1.29, 1.82) is 0 Å². The molecule has 0 radical (unpaired) electrons. The normalized spacial score (nSPS) is 21.1. The van der Waals surface area contributed by atoms with Gasteiger partial charge in [-0.2, -0.15) is 0 Å². The van der Waals surface area contributed by atoms with E-state index in [9.17, 15) is 4.39 Å². The fourth-order valence-electron chi connectivity index (χ4n) is 3.93. The topological polar surface area (TPSA) is 44.8 Å². The number of hydrogen-bond acceptors (Lipinski definition) is 3. The Labute approximate surface area is 161 Å². The van der Waals surface area contributed by atoms with E-state index in [0.29, 0.717) is 12.4 Å². The average molecular weight is 417 g/mol. The van der Waals surface area contributed by atoms with Crippen molar-refractivity contribution in [3.05, 3.63) is 58.2 Å². The van der Waals surface area contributed by atoms with Crippen molar-refractivity contribution in [2.24, 2.45) is 0 Å². The van der Waals surface area contributed by atoms with Gasteiger partial charge in [0.1, 0.15) is 11.7 Å². The van der Waals surface area contributed by atoms with Gasteiger partial charge in [-0.3, -0.25) is 4.90 Å². The smallest absolute Gasteiger partial charge is 0.151 e. The van der Waals surface area contributed by atoms with Gasteiger partial charge >= 0.3 is 0 Å². The molecule has 1 N–H and O–H groups in total. The summed E-state index contributed by atoms with van der Waals surface area (Å²) in [6.45, 7) is 5.73. The molecule has 2 aromatic heterocycles. The summed E-state index contributed by atoms with van der Waals surface area (Å²) >= 11 is 3.40. The molecule has 6 heteroatoms. The zero-order valence-corrected chi connectivity index (χ0v) is 16.7. The Hall–Kier alpha value is -1.79. The predicted molar refractivity (Wildman–Crippen MR) is 105 cm³/mol. The molecule has 1 aliphatic rings. The van der Waals surface area contributed by atoms with Gasteiger partial charge in [0, 0.05) is 41.6 Å². The minimum absolute atomic E-state index is 0.189. The van der Waals surface area contributed by atoms with E-state index >= 15 is 0 Å². The Morgan fingerprint density at radius 3 is 2.65 bits per heavy atom. The molecule has 0 amide bonds. The molecule has 0 fully saturated rings. The van der Waals surface area contributed by atoms with Crippen molar-refractivity contribution >= 4 is 26.8 Å². The number of nitrogens with zero attached hydrogens (tertiary/aromatic N) is 3. The maximum absolute atomic E-state index is 14.6. The summed E-state index contributed by atoms with van der Waals surface area (Å²) in [7, 11) is 0. The van der Waals surface area contributed by atoms with Crippen LogP contribution in [0.4, 0.5) is 4.39 Å². The lowest BCUT2D eigenvalue weighted by molar-refractivity contribution is 0.0639. The summed E-state index contributed by atoms with van der Waals surface area (Å²) in [5.41, 5.74) is 2.17. The Bertz CT molecular complexity index is 929. The van der Waals surface area contributed by atoms with Gasteiger partial charge in [-0.25, -0.2) is 14.4 Å². The minimum atomic E-state index is -1.30. The first kappa shape index (κ1) is 17.6. The van der Waals surface area contributed by atoms with Crippen molar-refractivity contribution in [2.45, 2.75) is 44.9 Å². The largest absolute Gasteiger partial charge is 0.356 e. The highest BCUT2D eigenvalue weighted by Gasteiger charge is 2.39. The quantitative estimate of drug-likeness (QED) is 0.666. The van der Waals surface area contributed by atoms with Crippen LogP contribution in [0.15, 0.2) is 41.1 Å². The van der Waals surface area contributed by atoms with Gasteiger partial charge in [0.05, 0.1) is 4.47 Å². The first-order chi connectivity index (χ1) is 12.3. The number of aromatic nitrogens is 3. The zero-order valence-electron chi connectivity index (χ0n) is 15.1. The van der Waals surface area contributed by atoms with Crippen LogP contribution in [0.1, 0.15) is 43.9 Å². The van der Waals surface area contributed by atoms with Crippen molar-refractivity contribution in [3.63, 3.8) is 0 Å². The first-order valence-electron chi connectivity index (χ1n) is 8.85. The van der Waals surface area contributed by atoms with Gasteiger partial charge in [-0.15, -0.1) is 0 Å². The third-order valence-corrected chi connectivity index (χ3v) is 5.37. The second-order valence-corrected chi connectivity index (χ2v) is 8.58. The number of alkyl halides is 1.